The molecule has 194 valence electrons. The van der Waals surface area contributed by atoms with Gasteiger partial charge in [0.05, 0.1) is 39.4 Å². The zero-order valence-electron chi connectivity index (χ0n) is 20.0. The van der Waals surface area contributed by atoms with Crippen LogP contribution in [0, 0.1) is 11.3 Å². The minimum atomic E-state index is -4.68. The van der Waals surface area contributed by atoms with E-state index in [2.05, 4.69) is 6.58 Å². The van der Waals surface area contributed by atoms with Crippen LogP contribution in [0.2, 0.25) is 0 Å². The fourth-order valence-electron chi connectivity index (χ4n) is 4.04. The van der Waals surface area contributed by atoms with E-state index in [0.29, 0.717) is 0 Å². The van der Waals surface area contributed by atoms with Crippen molar-refractivity contribution in [1.82, 2.24) is 4.90 Å². The fraction of sp³-hybridized carbons (Fsp3) is 0.240. The van der Waals surface area contributed by atoms with E-state index >= 15 is 0 Å². The van der Waals surface area contributed by atoms with E-state index < -0.39 is 39.6 Å². The first kappa shape index (κ1) is 27.5. The summed E-state index contributed by atoms with van der Waals surface area (Å²) in [6.07, 6.45) is -2.47. The van der Waals surface area contributed by atoms with Crippen molar-refractivity contribution in [2.75, 3.05) is 24.8 Å². The Bertz CT molecular complexity index is 1460. The van der Waals surface area contributed by atoms with E-state index in [-0.39, 0.29) is 39.6 Å². The number of sulfone groups is 1. The van der Waals surface area contributed by atoms with Crippen LogP contribution in [0.4, 0.5) is 23.7 Å². The maximum Gasteiger partial charge on any atom is 0.416 e. The average molecular weight is 534 g/mol. The molecule has 0 bridgehead atoms. The Labute approximate surface area is 211 Å². The van der Waals surface area contributed by atoms with Crippen LogP contribution < -0.4 is 4.90 Å². The third-order valence-electron chi connectivity index (χ3n) is 5.70. The summed E-state index contributed by atoms with van der Waals surface area (Å²) in [6, 6.07) is 7.55. The van der Waals surface area contributed by atoms with Crippen LogP contribution in [0.25, 0.3) is 0 Å². The molecule has 0 fully saturated rings. The van der Waals surface area contributed by atoms with Crippen molar-refractivity contribution in [3.05, 3.63) is 83.1 Å². The topological polar surface area (TPSA) is 108 Å². The highest BCUT2D eigenvalue weighted by molar-refractivity contribution is 7.90. The van der Waals surface area contributed by atoms with Crippen molar-refractivity contribution in [2.24, 2.45) is 0 Å². The Morgan fingerprint density at radius 1 is 1.24 bits per heavy atom. The Hall–Kier alpha value is -4.11. The van der Waals surface area contributed by atoms with Crippen molar-refractivity contribution in [3.63, 3.8) is 0 Å². The normalized spacial score (nSPS) is 16.5. The Kier molecular flexibility index (Phi) is 7.50. The molecule has 0 radical (unpaired) electrons. The number of carbonyl (C=O) groups is 2. The zero-order valence-corrected chi connectivity index (χ0v) is 20.9. The van der Waals surface area contributed by atoms with Gasteiger partial charge in [0.2, 0.25) is 0 Å². The molecule has 0 aromatic heterocycles. The van der Waals surface area contributed by atoms with Gasteiger partial charge >= 0.3 is 18.2 Å². The van der Waals surface area contributed by atoms with Gasteiger partial charge in [0.15, 0.2) is 9.84 Å². The Morgan fingerprint density at radius 3 is 2.49 bits per heavy atom. The van der Waals surface area contributed by atoms with Gasteiger partial charge in [-0.05, 0) is 42.8 Å². The molecule has 2 aromatic rings. The number of allylic oxidation sites excluding steroid dienone is 1. The molecule has 1 unspecified atom stereocenters. The highest BCUT2D eigenvalue weighted by Gasteiger charge is 2.43. The Morgan fingerprint density at radius 2 is 1.92 bits per heavy atom. The van der Waals surface area contributed by atoms with Gasteiger partial charge in [-0.3, -0.25) is 4.90 Å². The summed E-state index contributed by atoms with van der Waals surface area (Å²) in [7, 11) is -2.66. The predicted octanol–water partition coefficient (Wildman–Crippen LogP) is 4.60. The van der Waals surface area contributed by atoms with Crippen molar-refractivity contribution < 1.29 is 35.9 Å². The van der Waals surface area contributed by atoms with Crippen LogP contribution in [0.3, 0.4) is 0 Å². The number of ether oxygens (including phenoxy) is 1. The molecule has 1 aliphatic rings. The van der Waals surface area contributed by atoms with E-state index in [1.54, 1.807) is 0 Å². The number of esters is 1. The molecule has 1 heterocycles. The second-order valence-electron chi connectivity index (χ2n) is 8.20. The van der Waals surface area contributed by atoms with E-state index in [1.165, 1.54) is 38.2 Å². The number of likely N-dealkylation sites (N-methyl/N-ethyl adjacent to an activating group) is 1. The maximum atomic E-state index is 13.5. The van der Waals surface area contributed by atoms with Gasteiger partial charge in [0, 0.05) is 19.0 Å². The lowest BCUT2D eigenvalue weighted by Crippen LogP contribution is -2.49. The average Bonchev–Trinajstić information content (AvgIpc) is 2.83. The highest BCUT2D eigenvalue weighted by atomic mass is 32.2. The number of hydrogen-bond acceptors (Lipinski definition) is 6. The lowest BCUT2D eigenvalue weighted by Gasteiger charge is -2.41. The first-order valence-corrected chi connectivity index (χ1v) is 12.6. The third-order valence-corrected chi connectivity index (χ3v) is 6.85. The molecule has 0 N–H and O–H groups in total. The molecule has 2 aromatic carbocycles. The number of alkyl halides is 3. The third kappa shape index (κ3) is 5.36. The molecule has 0 saturated carbocycles. The number of amides is 2. The van der Waals surface area contributed by atoms with Gasteiger partial charge in [-0.2, -0.15) is 18.4 Å². The number of halogens is 3. The molecule has 1 atom stereocenters. The highest BCUT2D eigenvalue weighted by Crippen LogP contribution is 2.42. The number of carbonyl (C=O) groups excluding carboxylic acids is 2. The molecule has 1 aliphatic heterocycles. The lowest BCUT2D eigenvalue weighted by molar-refractivity contribution is -0.139. The number of urea groups is 1. The first-order valence-electron chi connectivity index (χ1n) is 10.7. The number of nitrogens with zero attached hydrogens (tertiary/aromatic N) is 3. The van der Waals surface area contributed by atoms with Crippen molar-refractivity contribution in [3.8, 4) is 6.07 Å². The summed E-state index contributed by atoms with van der Waals surface area (Å²) >= 11 is 0. The molecular formula is C25H22F3N3O5S. The van der Waals surface area contributed by atoms with Crippen LogP contribution in [-0.2, 0) is 25.5 Å². The van der Waals surface area contributed by atoms with Gasteiger partial charge in [-0.1, -0.05) is 24.8 Å². The molecular weight excluding hydrogens is 511 g/mol. The van der Waals surface area contributed by atoms with Crippen molar-refractivity contribution in [1.29, 1.82) is 5.26 Å². The second kappa shape index (κ2) is 10.1. The Balaban J connectivity index is 2.33. The molecule has 0 aliphatic carbocycles. The van der Waals surface area contributed by atoms with Crippen LogP contribution in [0.5, 0.6) is 0 Å². The van der Waals surface area contributed by atoms with Crippen LogP contribution in [-0.4, -0.2) is 45.2 Å². The van der Waals surface area contributed by atoms with E-state index in [1.807, 2.05) is 6.07 Å². The van der Waals surface area contributed by atoms with Crippen molar-refractivity contribution >= 4 is 27.5 Å². The summed E-state index contributed by atoms with van der Waals surface area (Å²) in [5, 5.41) is 9.25. The van der Waals surface area contributed by atoms with Crippen LogP contribution in [0.1, 0.15) is 29.7 Å². The molecule has 0 saturated heterocycles. The number of hydrogen-bond donors (Lipinski definition) is 0. The van der Waals surface area contributed by atoms with Gasteiger partial charge < -0.3 is 9.64 Å². The summed E-state index contributed by atoms with van der Waals surface area (Å²) in [4.78, 5) is 28.4. The van der Waals surface area contributed by atoms with Crippen LogP contribution >= 0.6 is 0 Å². The summed E-state index contributed by atoms with van der Waals surface area (Å²) < 4.78 is 70.5. The van der Waals surface area contributed by atoms with E-state index in [0.717, 1.165) is 40.3 Å². The van der Waals surface area contributed by atoms with E-state index in [4.69, 9.17) is 4.74 Å². The molecule has 12 heteroatoms. The molecule has 8 nitrogen and oxygen atoms in total. The molecule has 3 rings (SSSR count). The molecule has 0 spiro atoms. The predicted molar refractivity (Wildman–Crippen MR) is 128 cm³/mol. The van der Waals surface area contributed by atoms with Gasteiger partial charge in [0.1, 0.15) is 6.61 Å². The maximum absolute atomic E-state index is 13.5. The van der Waals surface area contributed by atoms with Crippen LogP contribution in [0.15, 0.2) is 71.3 Å². The number of nitriles is 1. The first-order chi connectivity index (χ1) is 17.2. The van der Waals surface area contributed by atoms with Gasteiger partial charge in [-0.25, -0.2) is 18.0 Å². The summed E-state index contributed by atoms with van der Waals surface area (Å²) in [5.74, 6) is -0.928. The smallest absolute Gasteiger partial charge is 0.416 e. The number of anilines is 1. The van der Waals surface area contributed by atoms with Gasteiger partial charge in [-0.15, -0.1) is 0 Å². The minimum absolute atomic E-state index is 0.0194. The largest absolute Gasteiger partial charge is 0.458 e. The minimum Gasteiger partial charge on any atom is -0.458 e. The lowest BCUT2D eigenvalue weighted by atomic mass is 9.92. The standard InChI is InChI=1S/C25H22F3N3O5S/c1-5-11-36-23(32)21-15(2)31(18-8-6-7-17(13-18)25(26,27)28)24(33)30(3)22(21)19-10-9-16(14-29)12-20(19)37(4,34)35/h5-10,12-13,22H,1,11H2,2-4H3. The van der Waals surface area contributed by atoms with Crippen molar-refractivity contribution in [2.45, 2.75) is 24.0 Å². The SMILES string of the molecule is C=CCOC(=O)C1=C(C)N(c2cccc(C(F)(F)F)c2)C(=O)N(C)C1c1ccc(C#N)cc1S(C)(=O)=O. The van der Waals surface area contributed by atoms with Gasteiger partial charge in [0.25, 0.3) is 0 Å². The summed E-state index contributed by atoms with van der Waals surface area (Å²) in [5.41, 5.74) is -1.32. The van der Waals surface area contributed by atoms with E-state index in [9.17, 15) is 36.4 Å². The quantitative estimate of drug-likeness (QED) is 0.397. The summed E-state index contributed by atoms with van der Waals surface area (Å²) in [6.45, 7) is 4.62. The molecule has 2 amide bonds. The second-order valence-corrected chi connectivity index (χ2v) is 10.2. The number of benzene rings is 2. The zero-order chi connectivity index (χ0) is 27.7. The molecule has 37 heavy (non-hydrogen) atoms. The number of rotatable bonds is 6. The fourth-order valence-corrected chi connectivity index (χ4v) is 4.98. The monoisotopic (exact) mass is 533 g/mol.